The van der Waals surface area contributed by atoms with E-state index in [1.807, 2.05) is 0 Å². The number of halogens is 2. The van der Waals surface area contributed by atoms with E-state index in [1.165, 1.54) is 0 Å². The van der Waals surface area contributed by atoms with Gasteiger partial charge in [-0.05, 0) is 45.0 Å². The Balaban J connectivity index is 2.24. The zero-order valence-electron chi connectivity index (χ0n) is 19.4. The lowest BCUT2D eigenvalue weighted by Crippen LogP contribution is -2.69. The Morgan fingerprint density at radius 3 is 2.45 bits per heavy atom. The molecule has 2 atom stereocenters. The second kappa shape index (κ2) is 10.3. The monoisotopic (exact) mass is 490 g/mol. The number of piperidine rings is 1. The molecule has 1 saturated heterocycles. The maximum absolute atomic E-state index is 15.5. The number of likely N-dealkylation sites (tertiary alicyclic amines) is 1. The summed E-state index contributed by atoms with van der Waals surface area (Å²) in [4.78, 5) is 26.2. The molecule has 186 valence electrons. The summed E-state index contributed by atoms with van der Waals surface area (Å²) >= 11 is 0. The molecule has 0 radical (unpaired) electrons. The van der Waals surface area contributed by atoms with Crippen LogP contribution in [0.2, 0.25) is 0 Å². The summed E-state index contributed by atoms with van der Waals surface area (Å²) in [5.41, 5.74) is -2.37. The average molecular weight is 491 g/mol. The van der Waals surface area contributed by atoms with Crippen molar-refractivity contribution in [3.63, 3.8) is 0 Å². The van der Waals surface area contributed by atoms with Crippen LogP contribution in [-0.4, -0.2) is 70.2 Å². The Morgan fingerprint density at radius 1 is 1.24 bits per heavy atom. The van der Waals surface area contributed by atoms with E-state index in [9.17, 15) is 13.8 Å². The van der Waals surface area contributed by atoms with Gasteiger partial charge in [-0.1, -0.05) is 30.3 Å². The van der Waals surface area contributed by atoms with E-state index >= 15 is 8.78 Å². The molecule has 1 N–H and O–H groups in total. The summed E-state index contributed by atoms with van der Waals surface area (Å²) in [6, 6.07) is 8.75. The first-order chi connectivity index (χ1) is 15.1. The summed E-state index contributed by atoms with van der Waals surface area (Å²) in [5.74, 6) is -0.474. The average Bonchev–Trinajstić information content (AvgIpc) is 2.70. The number of amides is 2. The third-order valence-corrected chi connectivity index (χ3v) is 5.50. The van der Waals surface area contributed by atoms with E-state index in [1.54, 1.807) is 51.1 Å². The molecular formula is C22H32F2N2O6S. The molecule has 1 aliphatic heterocycles. The van der Waals surface area contributed by atoms with Crippen molar-refractivity contribution in [1.82, 2.24) is 10.2 Å². The molecular weight excluding hydrogens is 458 g/mol. The lowest BCUT2D eigenvalue weighted by atomic mass is 9.83. The number of nitrogens with zero attached hydrogens (tertiary/aromatic N) is 1. The van der Waals surface area contributed by atoms with Crippen LogP contribution in [-0.2, 0) is 30.1 Å². The molecule has 0 aliphatic carbocycles. The minimum absolute atomic E-state index is 0.123. The maximum Gasteiger partial charge on any atom is 0.410 e. The van der Waals surface area contributed by atoms with Gasteiger partial charge in [0.1, 0.15) is 24.4 Å². The Kier molecular flexibility index (Phi) is 8.34. The third-order valence-electron chi connectivity index (χ3n) is 4.89. The second-order valence-corrected chi connectivity index (χ2v) is 11.3. The van der Waals surface area contributed by atoms with Crippen molar-refractivity contribution in [2.75, 3.05) is 26.0 Å². The van der Waals surface area contributed by atoms with E-state index < -0.39 is 52.2 Å². The molecule has 1 fully saturated rings. The topological polar surface area (TPSA) is 94.2 Å². The van der Waals surface area contributed by atoms with Gasteiger partial charge in [-0.2, -0.15) is 0 Å². The van der Waals surface area contributed by atoms with Crippen LogP contribution in [0.5, 0.6) is 0 Å². The van der Waals surface area contributed by atoms with Crippen LogP contribution < -0.4 is 5.32 Å². The predicted octanol–water partition coefficient (Wildman–Crippen LogP) is 3.60. The normalized spacial score (nSPS) is 21.1. The first-order valence-corrected chi connectivity index (χ1v) is 12.5. The largest absolute Gasteiger partial charge is 0.445 e. The lowest BCUT2D eigenvalue weighted by molar-refractivity contribution is -0.133. The highest BCUT2D eigenvalue weighted by Gasteiger charge is 2.58. The van der Waals surface area contributed by atoms with Gasteiger partial charge >= 0.3 is 12.2 Å². The van der Waals surface area contributed by atoms with Crippen molar-refractivity contribution in [1.29, 1.82) is 0 Å². The summed E-state index contributed by atoms with van der Waals surface area (Å²) in [6.07, 6.45) is -0.758. The van der Waals surface area contributed by atoms with Crippen molar-refractivity contribution < 1.29 is 36.2 Å². The maximum atomic E-state index is 15.5. The highest BCUT2D eigenvalue weighted by Crippen LogP contribution is 2.37. The number of benzene rings is 1. The molecule has 0 saturated carbocycles. The van der Waals surface area contributed by atoms with Gasteiger partial charge in [-0.3, -0.25) is 4.18 Å². The Bertz CT molecular complexity index is 934. The molecule has 2 unspecified atom stereocenters. The molecule has 0 bridgehead atoms. The number of ether oxygens (including phenoxy) is 2. The van der Waals surface area contributed by atoms with Gasteiger partial charge in [-0.25, -0.2) is 22.6 Å². The highest BCUT2D eigenvalue weighted by atomic mass is 32.2. The molecule has 1 heterocycles. The van der Waals surface area contributed by atoms with Crippen molar-refractivity contribution in [3.8, 4) is 0 Å². The first kappa shape index (κ1) is 26.8. The fourth-order valence-electron chi connectivity index (χ4n) is 3.32. The van der Waals surface area contributed by atoms with Gasteiger partial charge < -0.3 is 19.7 Å². The minimum Gasteiger partial charge on any atom is -0.445 e. The molecule has 0 aromatic heterocycles. The van der Waals surface area contributed by atoms with E-state index in [0.29, 0.717) is 5.56 Å². The van der Waals surface area contributed by atoms with Crippen molar-refractivity contribution in [3.05, 3.63) is 35.9 Å². The smallest absolute Gasteiger partial charge is 0.410 e. The Labute approximate surface area is 193 Å². The van der Waals surface area contributed by atoms with E-state index in [0.717, 1.165) is 11.2 Å². The molecule has 33 heavy (non-hydrogen) atoms. The minimum atomic E-state index is -3.70. The Morgan fingerprint density at radius 2 is 1.88 bits per heavy atom. The predicted molar refractivity (Wildman–Crippen MR) is 122 cm³/mol. The number of carbonyl (C=O) groups excluding carboxylic acids is 2. The second-order valence-electron chi connectivity index (χ2n) is 9.17. The number of alkyl halides is 2. The summed E-state index contributed by atoms with van der Waals surface area (Å²) in [5, 5.41) is 2.27. The van der Waals surface area contributed by atoms with Crippen LogP contribution in [0.3, 0.4) is 0 Å². The highest BCUT2D eigenvalue weighted by molar-refractivity contribution is 7.95. The van der Waals surface area contributed by atoms with Crippen molar-refractivity contribution in [2.24, 2.45) is 0 Å². The molecule has 11 heteroatoms. The number of alkyl carbamates (subject to hydrolysis) is 1. The number of rotatable bonds is 7. The van der Waals surface area contributed by atoms with Gasteiger partial charge in [-0.15, -0.1) is 0 Å². The van der Waals surface area contributed by atoms with Crippen LogP contribution in [0.1, 0.15) is 39.2 Å². The summed E-state index contributed by atoms with van der Waals surface area (Å²) in [7, 11) is -3.18. The van der Waals surface area contributed by atoms with E-state index in [4.69, 9.17) is 13.7 Å². The standard InChI is InChI=1S/C22H32F2N2O6S/c1-20(2,3)32-19(28)26-13-9-12-21(15-26,22(23,24)16-31-33(4,5)29)25-18(27)30-14-17-10-7-6-8-11-17/h6-8,10-11H,4,9,12-16H2,1-3,5H3,(H,25,27). The van der Waals surface area contributed by atoms with Crippen LogP contribution in [0.4, 0.5) is 18.4 Å². The van der Waals surface area contributed by atoms with Crippen LogP contribution in [0, 0.1) is 0 Å². The van der Waals surface area contributed by atoms with Crippen LogP contribution >= 0.6 is 0 Å². The molecule has 1 aliphatic rings. The number of carbonyl (C=O) groups is 2. The molecule has 1 aromatic carbocycles. The molecule has 8 nitrogen and oxygen atoms in total. The van der Waals surface area contributed by atoms with Gasteiger partial charge in [0, 0.05) is 12.8 Å². The van der Waals surface area contributed by atoms with Crippen LogP contribution in [0.25, 0.3) is 0 Å². The zero-order chi connectivity index (χ0) is 24.9. The number of hydrogen-bond acceptors (Lipinski definition) is 6. The molecule has 1 aromatic rings. The molecule has 2 rings (SSSR count). The molecule has 2 amide bonds. The van der Waals surface area contributed by atoms with Crippen molar-refractivity contribution in [2.45, 2.75) is 57.3 Å². The lowest BCUT2D eigenvalue weighted by Gasteiger charge is -2.46. The summed E-state index contributed by atoms with van der Waals surface area (Å²) in [6.45, 7) is 3.24. The van der Waals surface area contributed by atoms with Gasteiger partial charge in [0.05, 0.1) is 16.3 Å². The number of nitrogens with one attached hydrogen (secondary N) is 1. The van der Waals surface area contributed by atoms with E-state index in [2.05, 4.69) is 11.2 Å². The quantitative estimate of drug-likeness (QED) is 0.587. The van der Waals surface area contributed by atoms with Crippen molar-refractivity contribution >= 4 is 27.9 Å². The fourth-order valence-corrected chi connectivity index (χ4v) is 3.72. The summed E-state index contributed by atoms with van der Waals surface area (Å²) < 4.78 is 58.0. The van der Waals surface area contributed by atoms with Crippen LogP contribution in [0.15, 0.2) is 30.3 Å². The van der Waals surface area contributed by atoms with Gasteiger partial charge in [0.15, 0.2) is 0 Å². The molecule has 0 spiro atoms. The number of hydrogen-bond donors (Lipinski definition) is 1. The van der Waals surface area contributed by atoms with Gasteiger partial charge in [0.2, 0.25) is 0 Å². The Hall–Kier alpha value is -2.40. The zero-order valence-corrected chi connectivity index (χ0v) is 20.2. The van der Waals surface area contributed by atoms with E-state index in [-0.39, 0.29) is 26.0 Å². The van der Waals surface area contributed by atoms with Gasteiger partial charge in [0.25, 0.3) is 5.92 Å². The SMILES string of the molecule is C=S(C)(=O)OCC(F)(F)C1(NC(=O)OCc2ccccc2)CCCN(C(=O)OC(C)(C)C)C1. The fraction of sp³-hybridized carbons (Fsp3) is 0.591. The first-order valence-electron chi connectivity index (χ1n) is 10.4. The third kappa shape index (κ3) is 8.15.